The first-order valence-electron chi connectivity index (χ1n) is 6.94. The summed E-state index contributed by atoms with van der Waals surface area (Å²) < 4.78 is 3.41. The quantitative estimate of drug-likeness (QED) is 0.647. The predicted octanol–water partition coefficient (Wildman–Crippen LogP) is 4.36. The largest absolute Gasteiger partial charge is 0.321 e. The summed E-state index contributed by atoms with van der Waals surface area (Å²) in [6, 6.07) is 7.42. The summed E-state index contributed by atoms with van der Waals surface area (Å²) in [7, 11) is 1.83. The van der Waals surface area contributed by atoms with E-state index in [0.29, 0.717) is 16.9 Å². The van der Waals surface area contributed by atoms with Crippen LogP contribution in [0.2, 0.25) is 0 Å². The van der Waals surface area contributed by atoms with Crippen molar-refractivity contribution in [3.8, 4) is 0 Å². The molecule has 1 amide bonds. The maximum atomic E-state index is 12.8. The van der Waals surface area contributed by atoms with E-state index in [4.69, 9.17) is 0 Å². The minimum Gasteiger partial charge on any atom is -0.321 e. The summed E-state index contributed by atoms with van der Waals surface area (Å²) in [5.74, 6) is -0.185. The van der Waals surface area contributed by atoms with Gasteiger partial charge in [-0.2, -0.15) is 5.10 Å². The Kier molecular flexibility index (Phi) is 4.25. The van der Waals surface area contributed by atoms with Crippen LogP contribution in [0.25, 0.3) is 11.0 Å². The molecule has 1 aromatic carbocycles. The normalized spacial score (nSPS) is 11.0. The van der Waals surface area contributed by atoms with E-state index in [1.165, 1.54) is 0 Å². The van der Waals surface area contributed by atoms with E-state index in [1.54, 1.807) is 10.7 Å². The second kappa shape index (κ2) is 6.05. The summed E-state index contributed by atoms with van der Waals surface area (Å²) in [5, 5.41) is 8.09. The Morgan fingerprint density at radius 3 is 2.70 bits per heavy atom. The number of amides is 1. The molecule has 23 heavy (non-hydrogen) atoms. The molecule has 3 aromatic rings. The average molecular weight is 438 g/mol. The molecule has 0 spiro atoms. The standard InChI is InChI=1S/C16H14Br2N4O/c1-8-6-11(14-9(2)21-22(3)15(14)19-8)16(23)20-13-7-10(17)4-5-12(13)18/h4-7H,1-3H3,(H,20,23). The molecule has 1 N–H and O–H groups in total. The molecule has 0 saturated carbocycles. The van der Waals surface area contributed by atoms with Crippen LogP contribution in [0.5, 0.6) is 0 Å². The van der Waals surface area contributed by atoms with Gasteiger partial charge >= 0.3 is 0 Å². The van der Waals surface area contributed by atoms with Crippen LogP contribution in [-0.2, 0) is 7.05 Å². The summed E-state index contributed by atoms with van der Waals surface area (Å²) >= 11 is 6.86. The molecular formula is C16H14Br2N4O. The number of hydrogen-bond acceptors (Lipinski definition) is 3. The minimum absolute atomic E-state index is 0.185. The number of pyridine rings is 1. The number of anilines is 1. The molecule has 5 nitrogen and oxygen atoms in total. The lowest BCUT2D eigenvalue weighted by atomic mass is 10.1. The molecule has 0 unspecified atom stereocenters. The highest BCUT2D eigenvalue weighted by molar-refractivity contribution is 9.11. The molecule has 7 heteroatoms. The number of nitrogens with one attached hydrogen (secondary N) is 1. The van der Waals surface area contributed by atoms with Crippen molar-refractivity contribution in [2.45, 2.75) is 13.8 Å². The Bertz CT molecular complexity index is 933. The lowest BCUT2D eigenvalue weighted by molar-refractivity contribution is 0.102. The molecule has 0 aliphatic rings. The van der Waals surface area contributed by atoms with Gasteiger partial charge in [0.2, 0.25) is 0 Å². The lowest BCUT2D eigenvalue weighted by Gasteiger charge is -2.10. The Balaban J connectivity index is 2.09. The van der Waals surface area contributed by atoms with Crippen LogP contribution in [0.1, 0.15) is 21.7 Å². The summed E-state index contributed by atoms with van der Waals surface area (Å²) in [6.45, 7) is 3.75. The highest BCUT2D eigenvalue weighted by Crippen LogP contribution is 2.28. The molecule has 0 atom stereocenters. The fourth-order valence-electron chi connectivity index (χ4n) is 2.53. The van der Waals surface area contributed by atoms with Crippen LogP contribution in [-0.4, -0.2) is 20.7 Å². The van der Waals surface area contributed by atoms with Crippen LogP contribution in [0, 0.1) is 13.8 Å². The zero-order chi connectivity index (χ0) is 16.7. The van der Waals surface area contributed by atoms with Crippen LogP contribution < -0.4 is 5.32 Å². The van der Waals surface area contributed by atoms with Crippen molar-refractivity contribution in [2.24, 2.45) is 7.05 Å². The second-order valence-electron chi connectivity index (χ2n) is 5.30. The van der Waals surface area contributed by atoms with Crippen molar-refractivity contribution in [3.05, 3.63) is 50.2 Å². The first-order valence-corrected chi connectivity index (χ1v) is 8.53. The maximum Gasteiger partial charge on any atom is 0.256 e. The SMILES string of the molecule is Cc1cc(C(=O)Nc2cc(Br)ccc2Br)c2c(C)nn(C)c2n1. The number of carbonyl (C=O) groups is 1. The van der Waals surface area contributed by atoms with E-state index in [9.17, 15) is 4.79 Å². The van der Waals surface area contributed by atoms with Crippen LogP contribution >= 0.6 is 31.9 Å². The van der Waals surface area contributed by atoms with E-state index in [1.807, 2.05) is 39.1 Å². The zero-order valence-electron chi connectivity index (χ0n) is 12.8. The Hall–Kier alpha value is -1.73. The Labute approximate surface area is 150 Å². The van der Waals surface area contributed by atoms with Gasteiger partial charge in [-0.3, -0.25) is 9.48 Å². The summed E-state index contributed by atoms with van der Waals surface area (Å²) in [5.41, 5.74) is 3.55. The van der Waals surface area contributed by atoms with Crippen molar-refractivity contribution in [3.63, 3.8) is 0 Å². The topological polar surface area (TPSA) is 59.8 Å². The lowest BCUT2D eigenvalue weighted by Crippen LogP contribution is -2.13. The smallest absolute Gasteiger partial charge is 0.256 e. The van der Waals surface area contributed by atoms with E-state index in [0.717, 1.165) is 25.7 Å². The van der Waals surface area contributed by atoms with Crippen molar-refractivity contribution < 1.29 is 4.79 Å². The summed E-state index contributed by atoms with van der Waals surface area (Å²) in [6.07, 6.45) is 0. The van der Waals surface area contributed by atoms with Gasteiger partial charge < -0.3 is 5.32 Å². The third-order valence-corrected chi connectivity index (χ3v) is 4.70. The minimum atomic E-state index is -0.185. The molecule has 2 heterocycles. The number of nitrogens with zero attached hydrogens (tertiary/aromatic N) is 3. The predicted molar refractivity (Wildman–Crippen MR) is 97.8 cm³/mol. The molecule has 3 rings (SSSR count). The van der Waals surface area contributed by atoms with Crippen LogP contribution in [0.3, 0.4) is 0 Å². The van der Waals surface area contributed by atoms with Gasteiger partial charge in [-0.25, -0.2) is 4.98 Å². The molecule has 0 saturated heterocycles. The third kappa shape index (κ3) is 3.03. The Morgan fingerprint density at radius 1 is 1.22 bits per heavy atom. The van der Waals surface area contributed by atoms with Gasteiger partial charge in [0.15, 0.2) is 5.65 Å². The number of rotatable bonds is 2. The van der Waals surface area contributed by atoms with Gasteiger partial charge in [-0.1, -0.05) is 15.9 Å². The van der Waals surface area contributed by atoms with Crippen molar-refractivity contribution in [2.75, 3.05) is 5.32 Å². The molecule has 0 radical (unpaired) electrons. The first kappa shape index (κ1) is 16.1. The van der Waals surface area contributed by atoms with Gasteiger partial charge in [0.25, 0.3) is 5.91 Å². The number of halogens is 2. The second-order valence-corrected chi connectivity index (χ2v) is 7.07. The van der Waals surface area contributed by atoms with E-state index in [2.05, 4.69) is 47.3 Å². The maximum absolute atomic E-state index is 12.8. The molecule has 0 aliphatic carbocycles. The number of aromatic nitrogens is 3. The fraction of sp³-hybridized carbons (Fsp3) is 0.188. The van der Waals surface area contributed by atoms with Gasteiger partial charge in [-0.15, -0.1) is 0 Å². The molecular weight excluding hydrogens is 424 g/mol. The molecule has 0 aliphatic heterocycles. The summed E-state index contributed by atoms with van der Waals surface area (Å²) in [4.78, 5) is 17.3. The molecule has 0 bridgehead atoms. The number of benzene rings is 1. The van der Waals surface area contributed by atoms with Crippen molar-refractivity contribution in [1.29, 1.82) is 0 Å². The monoisotopic (exact) mass is 436 g/mol. The van der Waals surface area contributed by atoms with Crippen molar-refractivity contribution in [1.82, 2.24) is 14.8 Å². The molecule has 118 valence electrons. The number of carbonyl (C=O) groups excluding carboxylic acids is 1. The van der Waals surface area contributed by atoms with E-state index in [-0.39, 0.29) is 5.91 Å². The van der Waals surface area contributed by atoms with E-state index >= 15 is 0 Å². The third-order valence-electron chi connectivity index (χ3n) is 3.52. The first-order chi connectivity index (χ1) is 10.9. The van der Waals surface area contributed by atoms with Gasteiger partial charge in [0.05, 0.1) is 22.3 Å². The molecule has 0 fully saturated rings. The Morgan fingerprint density at radius 2 is 1.96 bits per heavy atom. The zero-order valence-corrected chi connectivity index (χ0v) is 16.0. The highest BCUT2D eigenvalue weighted by atomic mass is 79.9. The fourth-order valence-corrected chi connectivity index (χ4v) is 3.24. The number of aryl methyl sites for hydroxylation is 3. The highest BCUT2D eigenvalue weighted by Gasteiger charge is 2.18. The number of fused-ring (bicyclic) bond motifs is 1. The van der Waals surface area contributed by atoms with Gasteiger partial charge in [-0.05, 0) is 54.0 Å². The van der Waals surface area contributed by atoms with E-state index < -0.39 is 0 Å². The number of hydrogen-bond donors (Lipinski definition) is 1. The van der Waals surface area contributed by atoms with Crippen LogP contribution in [0.15, 0.2) is 33.2 Å². The molecule has 2 aromatic heterocycles. The van der Waals surface area contributed by atoms with Crippen molar-refractivity contribution >= 4 is 54.5 Å². The van der Waals surface area contributed by atoms with Gasteiger partial charge in [0.1, 0.15) is 0 Å². The van der Waals surface area contributed by atoms with Gasteiger partial charge in [0, 0.05) is 21.7 Å². The van der Waals surface area contributed by atoms with Crippen LogP contribution in [0.4, 0.5) is 5.69 Å². The average Bonchev–Trinajstić information content (AvgIpc) is 2.77.